The summed E-state index contributed by atoms with van der Waals surface area (Å²) in [5, 5.41) is 9.47. The molecule has 0 bridgehead atoms. The van der Waals surface area contributed by atoms with Crippen LogP contribution in [-0.4, -0.2) is 33.7 Å². The zero-order valence-electron chi connectivity index (χ0n) is 15.2. The van der Waals surface area contributed by atoms with Gasteiger partial charge < -0.3 is 15.6 Å². The van der Waals surface area contributed by atoms with E-state index in [-0.39, 0.29) is 0 Å². The summed E-state index contributed by atoms with van der Waals surface area (Å²) in [5.41, 5.74) is 12.9. The number of rotatable bonds is 2. The molecule has 4 aromatic rings. The van der Waals surface area contributed by atoms with Gasteiger partial charge in [-0.1, -0.05) is 18.2 Å². The molecule has 1 aliphatic heterocycles. The topological polar surface area (TPSA) is 70.8 Å². The van der Waals surface area contributed by atoms with Crippen molar-refractivity contribution in [2.75, 3.05) is 19.3 Å². The molecule has 0 aliphatic carbocycles. The van der Waals surface area contributed by atoms with E-state index in [1.165, 1.54) is 27.6 Å². The van der Waals surface area contributed by atoms with E-state index in [9.17, 15) is 0 Å². The third-order valence-corrected chi connectivity index (χ3v) is 5.41. The van der Waals surface area contributed by atoms with Crippen LogP contribution in [0.3, 0.4) is 0 Å². The number of nitrogens with two attached hydrogens (primary N) is 1. The van der Waals surface area contributed by atoms with Gasteiger partial charge in [0.2, 0.25) is 0 Å². The molecule has 1 unspecified atom stereocenters. The zero-order valence-corrected chi connectivity index (χ0v) is 15.2. The summed E-state index contributed by atoms with van der Waals surface area (Å²) in [4.78, 5) is 5.66. The van der Waals surface area contributed by atoms with Gasteiger partial charge in [0.1, 0.15) is 5.82 Å². The van der Waals surface area contributed by atoms with Crippen LogP contribution in [0.25, 0.3) is 22.2 Å². The maximum absolute atomic E-state index is 5.67. The molecule has 3 heterocycles. The van der Waals surface area contributed by atoms with E-state index in [0.717, 1.165) is 24.3 Å². The minimum Gasteiger partial charge on any atom is -0.382 e. The number of hydrogen-bond acceptors (Lipinski definition) is 4. The highest BCUT2D eigenvalue weighted by Crippen LogP contribution is 2.36. The Hall–Kier alpha value is -3.18. The van der Waals surface area contributed by atoms with Gasteiger partial charge in [-0.2, -0.15) is 0 Å². The van der Waals surface area contributed by atoms with Crippen LogP contribution in [-0.2, 0) is 6.54 Å². The summed E-state index contributed by atoms with van der Waals surface area (Å²) in [6, 6.07) is 19.2. The molecule has 0 fully saturated rings. The molecule has 2 aromatic carbocycles. The summed E-state index contributed by atoms with van der Waals surface area (Å²) >= 11 is 0. The van der Waals surface area contributed by atoms with Gasteiger partial charge in [-0.15, -0.1) is 10.2 Å². The number of likely N-dealkylation sites (N-methyl/N-ethyl adjacent to an activating group) is 1. The smallest absolute Gasteiger partial charge is 0.146 e. The van der Waals surface area contributed by atoms with E-state index < -0.39 is 0 Å². The SMILES string of the molecule is CN1Cc2cc(-c3ccc(N)nn3)ccc2C(c2ccc3[nH]ccc3c2)C1. The largest absolute Gasteiger partial charge is 0.382 e. The molecule has 0 amide bonds. The average Bonchev–Trinajstić information content (AvgIpc) is 3.15. The second-order valence-corrected chi connectivity index (χ2v) is 7.33. The third kappa shape index (κ3) is 2.86. The van der Waals surface area contributed by atoms with Gasteiger partial charge in [0.25, 0.3) is 0 Å². The Bertz CT molecular complexity index is 1110. The Morgan fingerprint density at radius 2 is 1.96 bits per heavy atom. The number of nitrogen functional groups attached to an aromatic ring is 1. The number of anilines is 1. The number of nitrogens with zero attached hydrogens (tertiary/aromatic N) is 3. The summed E-state index contributed by atoms with van der Waals surface area (Å²) in [6.07, 6.45) is 2.00. The van der Waals surface area contributed by atoms with E-state index >= 15 is 0 Å². The molecule has 5 nitrogen and oxygen atoms in total. The van der Waals surface area contributed by atoms with Gasteiger partial charge >= 0.3 is 0 Å². The van der Waals surface area contributed by atoms with Crippen LogP contribution in [0, 0.1) is 0 Å². The van der Waals surface area contributed by atoms with Crippen LogP contribution >= 0.6 is 0 Å². The number of aromatic amines is 1. The molecule has 134 valence electrons. The Balaban J connectivity index is 1.57. The average molecular weight is 355 g/mol. The lowest BCUT2D eigenvalue weighted by molar-refractivity contribution is 0.295. The van der Waals surface area contributed by atoms with E-state index in [1.807, 2.05) is 12.3 Å². The standard InChI is InChI=1S/C22H21N5/c1-27-12-17-11-15(21-6-7-22(23)26-25-21)2-4-18(17)19(13-27)14-3-5-20-16(10-14)8-9-24-20/h2-11,19,24H,12-13H2,1H3,(H2,23,26). The van der Waals surface area contributed by atoms with Gasteiger partial charge in [-0.05, 0) is 65.5 Å². The fraction of sp³-hybridized carbons (Fsp3) is 0.182. The van der Waals surface area contributed by atoms with Crippen molar-refractivity contribution >= 4 is 16.7 Å². The van der Waals surface area contributed by atoms with E-state index in [4.69, 9.17) is 5.73 Å². The lowest BCUT2D eigenvalue weighted by atomic mass is 9.83. The predicted octanol–water partition coefficient (Wildman–Crippen LogP) is 3.78. The van der Waals surface area contributed by atoms with E-state index in [1.54, 1.807) is 6.07 Å². The lowest BCUT2D eigenvalue weighted by Gasteiger charge is -2.33. The first-order valence-electron chi connectivity index (χ1n) is 9.15. The number of H-pyrrole nitrogens is 1. The van der Waals surface area contributed by atoms with Gasteiger partial charge in [-0.25, -0.2) is 0 Å². The van der Waals surface area contributed by atoms with Crippen molar-refractivity contribution in [1.82, 2.24) is 20.1 Å². The van der Waals surface area contributed by atoms with Crippen LogP contribution in [0.15, 0.2) is 60.8 Å². The molecule has 0 spiro atoms. The van der Waals surface area contributed by atoms with Crippen molar-refractivity contribution < 1.29 is 0 Å². The molecule has 0 saturated carbocycles. The van der Waals surface area contributed by atoms with Crippen LogP contribution in [0.2, 0.25) is 0 Å². The van der Waals surface area contributed by atoms with Gasteiger partial charge in [-0.3, -0.25) is 0 Å². The normalized spacial score (nSPS) is 17.1. The highest BCUT2D eigenvalue weighted by Gasteiger charge is 2.25. The molecule has 1 atom stereocenters. The van der Waals surface area contributed by atoms with Crippen molar-refractivity contribution in [3.63, 3.8) is 0 Å². The maximum Gasteiger partial charge on any atom is 0.146 e. The maximum atomic E-state index is 5.67. The lowest BCUT2D eigenvalue weighted by Crippen LogP contribution is -2.31. The minimum absolute atomic E-state index is 0.365. The summed E-state index contributed by atoms with van der Waals surface area (Å²) in [5.74, 6) is 0.807. The Labute approximate surface area is 157 Å². The quantitative estimate of drug-likeness (QED) is 0.574. The number of fused-ring (bicyclic) bond motifs is 2. The number of hydrogen-bond donors (Lipinski definition) is 2. The second kappa shape index (κ2) is 6.21. The fourth-order valence-corrected chi connectivity index (χ4v) is 4.08. The molecule has 3 N–H and O–H groups in total. The Morgan fingerprint density at radius 1 is 1.04 bits per heavy atom. The van der Waals surface area contributed by atoms with Crippen LogP contribution in [0.5, 0.6) is 0 Å². The summed E-state index contributed by atoms with van der Waals surface area (Å²) < 4.78 is 0. The molecule has 5 rings (SSSR count). The number of benzene rings is 2. The Kier molecular flexibility index (Phi) is 3.69. The van der Waals surface area contributed by atoms with Crippen LogP contribution in [0.4, 0.5) is 5.82 Å². The fourth-order valence-electron chi connectivity index (χ4n) is 4.08. The molecular weight excluding hydrogens is 334 g/mol. The van der Waals surface area contributed by atoms with Crippen molar-refractivity contribution in [3.05, 3.63) is 77.5 Å². The molecule has 5 heteroatoms. The van der Waals surface area contributed by atoms with Gasteiger partial charge in [0.05, 0.1) is 5.69 Å². The van der Waals surface area contributed by atoms with Crippen molar-refractivity contribution in [2.24, 2.45) is 0 Å². The Morgan fingerprint density at radius 3 is 2.81 bits per heavy atom. The van der Waals surface area contributed by atoms with E-state index in [0.29, 0.717) is 11.7 Å². The minimum atomic E-state index is 0.365. The number of aromatic nitrogens is 3. The molecule has 0 saturated heterocycles. The molecular formula is C22H21N5. The molecule has 2 aromatic heterocycles. The van der Waals surface area contributed by atoms with E-state index in [2.05, 4.69) is 69.6 Å². The van der Waals surface area contributed by atoms with Crippen molar-refractivity contribution in [1.29, 1.82) is 0 Å². The number of nitrogens with one attached hydrogen (secondary N) is 1. The third-order valence-electron chi connectivity index (χ3n) is 5.41. The first-order valence-corrected chi connectivity index (χ1v) is 9.15. The second-order valence-electron chi connectivity index (χ2n) is 7.33. The first-order chi connectivity index (χ1) is 13.2. The monoisotopic (exact) mass is 355 g/mol. The predicted molar refractivity (Wildman–Crippen MR) is 108 cm³/mol. The van der Waals surface area contributed by atoms with Crippen molar-refractivity contribution in [3.8, 4) is 11.3 Å². The first kappa shape index (κ1) is 16.0. The van der Waals surface area contributed by atoms with Crippen molar-refractivity contribution in [2.45, 2.75) is 12.5 Å². The molecule has 0 radical (unpaired) electrons. The zero-order chi connectivity index (χ0) is 18.4. The summed E-state index contributed by atoms with van der Waals surface area (Å²) in [7, 11) is 2.18. The summed E-state index contributed by atoms with van der Waals surface area (Å²) in [6.45, 7) is 1.96. The molecule has 27 heavy (non-hydrogen) atoms. The van der Waals surface area contributed by atoms with Gasteiger partial charge in [0, 0.05) is 36.3 Å². The highest BCUT2D eigenvalue weighted by atomic mass is 15.1. The van der Waals surface area contributed by atoms with Crippen LogP contribution < -0.4 is 5.73 Å². The van der Waals surface area contributed by atoms with Crippen LogP contribution in [0.1, 0.15) is 22.6 Å². The van der Waals surface area contributed by atoms with Gasteiger partial charge in [0.15, 0.2) is 0 Å². The highest BCUT2D eigenvalue weighted by molar-refractivity contribution is 5.80. The molecule has 1 aliphatic rings.